The van der Waals surface area contributed by atoms with Gasteiger partial charge in [-0.2, -0.15) is 18.3 Å². The molecule has 0 spiro atoms. The molecule has 0 aliphatic heterocycles. The van der Waals surface area contributed by atoms with Crippen molar-refractivity contribution in [2.24, 2.45) is 7.05 Å². The minimum Gasteiger partial charge on any atom is -0.293 e. The molecule has 5 nitrogen and oxygen atoms in total. The summed E-state index contributed by atoms with van der Waals surface area (Å²) < 4.78 is 41.9. The Hall–Kier alpha value is -2.77. The summed E-state index contributed by atoms with van der Waals surface area (Å²) in [6, 6.07) is 9.94. The maximum Gasteiger partial charge on any atom is 0.435 e. The van der Waals surface area contributed by atoms with E-state index >= 15 is 0 Å². The molecule has 2 heterocycles. The van der Waals surface area contributed by atoms with Crippen molar-refractivity contribution in [2.75, 3.05) is 0 Å². The first kappa shape index (κ1) is 15.1. The standard InChI is InChI=1S/C15H13F3N4O/c1-20-12(9-13(19-20)15(16,17)18)10-21-7-8-22(14(21)23)11-5-3-2-4-6-11/h2-9H,10H2,1H3. The van der Waals surface area contributed by atoms with Crippen LogP contribution in [0.1, 0.15) is 11.4 Å². The molecule has 8 heteroatoms. The van der Waals surface area contributed by atoms with Crippen molar-refractivity contribution in [1.82, 2.24) is 18.9 Å². The Bertz CT molecular complexity index is 874. The van der Waals surface area contributed by atoms with Crippen LogP contribution in [0, 0.1) is 0 Å². The molecule has 3 aromatic rings. The molecule has 0 radical (unpaired) electrons. The van der Waals surface area contributed by atoms with E-state index in [4.69, 9.17) is 0 Å². The van der Waals surface area contributed by atoms with Crippen LogP contribution in [0.4, 0.5) is 13.2 Å². The summed E-state index contributed by atoms with van der Waals surface area (Å²) in [6.45, 7) is 0.0121. The second kappa shape index (κ2) is 5.45. The molecule has 0 amide bonds. The van der Waals surface area contributed by atoms with E-state index in [0.29, 0.717) is 11.4 Å². The number of hydrogen-bond acceptors (Lipinski definition) is 2. The van der Waals surface area contributed by atoms with Gasteiger partial charge < -0.3 is 0 Å². The van der Waals surface area contributed by atoms with Crippen LogP contribution in [0.15, 0.2) is 53.6 Å². The third kappa shape index (κ3) is 2.92. The summed E-state index contributed by atoms with van der Waals surface area (Å²) in [4.78, 5) is 12.4. The van der Waals surface area contributed by atoms with Crippen molar-refractivity contribution in [3.05, 3.63) is 70.7 Å². The highest BCUT2D eigenvalue weighted by Crippen LogP contribution is 2.28. The molecule has 2 aromatic heterocycles. The molecule has 0 atom stereocenters. The van der Waals surface area contributed by atoms with Gasteiger partial charge in [-0.05, 0) is 18.2 Å². The molecular weight excluding hydrogens is 309 g/mol. The van der Waals surface area contributed by atoms with Gasteiger partial charge in [-0.1, -0.05) is 18.2 Å². The van der Waals surface area contributed by atoms with Gasteiger partial charge in [0.1, 0.15) is 0 Å². The maximum atomic E-state index is 12.7. The molecule has 0 aliphatic rings. The molecular formula is C15H13F3N4O. The molecule has 0 saturated carbocycles. The van der Waals surface area contributed by atoms with E-state index < -0.39 is 11.9 Å². The number of benzene rings is 1. The summed E-state index contributed by atoms with van der Waals surface area (Å²) in [5, 5.41) is 3.44. The van der Waals surface area contributed by atoms with E-state index in [9.17, 15) is 18.0 Å². The van der Waals surface area contributed by atoms with Gasteiger partial charge in [-0.3, -0.25) is 13.8 Å². The molecule has 120 valence electrons. The lowest BCUT2D eigenvalue weighted by Gasteiger charge is -2.03. The van der Waals surface area contributed by atoms with Gasteiger partial charge in [0, 0.05) is 19.4 Å². The Morgan fingerprint density at radius 1 is 1.13 bits per heavy atom. The van der Waals surface area contributed by atoms with E-state index in [2.05, 4.69) is 5.10 Å². The Morgan fingerprint density at radius 2 is 1.83 bits per heavy atom. The summed E-state index contributed by atoms with van der Waals surface area (Å²) in [7, 11) is 1.42. The van der Waals surface area contributed by atoms with E-state index in [0.717, 1.165) is 10.7 Å². The molecule has 0 saturated heterocycles. The van der Waals surface area contributed by atoms with Crippen molar-refractivity contribution < 1.29 is 13.2 Å². The van der Waals surface area contributed by atoms with Crippen LogP contribution in [0.5, 0.6) is 0 Å². The first-order valence-corrected chi connectivity index (χ1v) is 6.79. The lowest BCUT2D eigenvalue weighted by molar-refractivity contribution is -0.141. The zero-order chi connectivity index (χ0) is 16.6. The van der Waals surface area contributed by atoms with Gasteiger partial charge in [0.15, 0.2) is 5.69 Å². The van der Waals surface area contributed by atoms with Crippen LogP contribution in [0.3, 0.4) is 0 Å². The summed E-state index contributed by atoms with van der Waals surface area (Å²) in [6.07, 6.45) is -1.38. The van der Waals surface area contributed by atoms with Gasteiger partial charge in [-0.25, -0.2) is 4.79 Å². The number of alkyl halides is 3. The second-order valence-corrected chi connectivity index (χ2v) is 5.06. The molecule has 0 unspecified atom stereocenters. The fourth-order valence-corrected chi connectivity index (χ4v) is 2.29. The minimum atomic E-state index is -4.50. The molecule has 0 N–H and O–H groups in total. The van der Waals surface area contributed by atoms with E-state index in [1.807, 2.05) is 6.07 Å². The number of aromatic nitrogens is 4. The molecule has 3 rings (SSSR count). The zero-order valence-electron chi connectivity index (χ0n) is 12.2. The van der Waals surface area contributed by atoms with Crippen molar-refractivity contribution in [2.45, 2.75) is 12.7 Å². The second-order valence-electron chi connectivity index (χ2n) is 5.06. The smallest absolute Gasteiger partial charge is 0.293 e. The number of rotatable bonds is 3. The number of para-hydroxylation sites is 1. The fourth-order valence-electron chi connectivity index (χ4n) is 2.29. The Labute approximate surface area is 129 Å². The third-order valence-corrected chi connectivity index (χ3v) is 3.48. The molecule has 1 aromatic carbocycles. The highest BCUT2D eigenvalue weighted by molar-refractivity contribution is 5.31. The van der Waals surface area contributed by atoms with Crippen LogP contribution in [-0.4, -0.2) is 18.9 Å². The first-order valence-electron chi connectivity index (χ1n) is 6.79. The first-order chi connectivity index (χ1) is 10.9. The third-order valence-electron chi connectivity index (χ3n) is 3.48. The summed E-state index contributed by atoms with van der Waals surface area (Å²) in [5.74, 6) is 0. The highest BCUT2D eigenvalue weighted by Gasteiger charge is 2.34. The van der Waals surface area contributed by atoms with Crippen molar-refractivity contribution in [3.63, 3.8) is 0 Å². The summed E-state index contributed by atoms with van der Waals surface area (Å²) in [5.41, 5.74) is -0.307. The van der Waals surface area contributed by atoms with Crippen molar-refractivity contribution in [1.29, 1.82) is 0 Å². The minimum absolute atomic E-state index is 0.0121. The van der Waals surface area contributed by atoms with Crippen LogP contribution in [0.2, 0.25) is 0 Å². The van der Waals surface area contributed by atoms with Crippen molar-refractivity contribution >= 4 is 0 Å². The predicted molar refractivity (Wildman–Crippen MR) is 77.3 cm³/mol. The average Bonchev–Trinajstić information content (AvgIpc) is 3.05. The fraction of sp³-hybridized carbons (Fsp3) is 0.200. The van der Waals surface area contributed by atoms with Crippen LogP contribution >= 0.6 is 0 Å². The number of halogens is 3. The van der Waals surface area contributed by atoms with Crippen LogP contribution < -0.4 is 5.69 Å². The molecule has 0 fully saturated rings. The van der Waals surface area contributed by atoms with Crippen LogP contribution in [0.25, 0.3) is 5.69 Å². The van der Waals surface area contributed by atoms with Crippen LogP contribution in [-0.2, 0) is 19.8 Å². The lowest BCUT2D eigenvalue weighted by Crippen LogP contribution is -2.24. The maximum absolute atomic E-state index is 12.7. The summed E-state index contributed by atoms with van der Waals surface area (Å²) >= 11 is 0. The number of nitrogens with zero attached hydrogens (tertiary/aromatic N) is 4. The quantitative estimate of drug-likeness (QED) is 0.743. The average molecular weight is 322 g/mol. The lowest BCUT2D eigenvalue weighted by atomic mass is 10.3. The normalized spacial score (nSPS) is 11.8. The molecule has 23 heavy (non-hydrogen) atoms. The van der Waals surface area contributed by atoms with Gasteiger partial charge in [0.05, 0.1) is 17.9 Å². The Balaban J connectivity index is 1.92. The predicted octanol–water partition coefficient (Wildman–Crippen LogP) is 2.44. The van der Waals surface area contributed by atoms with Gasteiger partial charge in [0.2, 0.25) is 0 Å². The van der Waals surface area contributed by atoms with Gasteiger partial charge >= 0.3 is 11.9 Å². The van der Waals surface area contributed by atoms with E-state index in [1.165, 1.54) is 22.4 Å². The molecule has 0 aliphatic carbocycles. The number of aryl methyl sites for hydroxylation is 1. The Kier molecular flexibility index (Phi) is 3.59. The topological polar surface area (TPSA) is 44.8 Å². The van der Waals surface area contributed by atoms with Gasteiger partial charge in [0.25, 0.3) is 0 Å². The van der Waals surface area contributed by atoms with E-state index in [-0.39, 0.29) is 12.2 Å². The monoisotopic (exact) mass is 322 g/mol. The highest BCUT2D eigenvalue weighted by atomic mass is 19.4. The van der Waals surface area contributed by atoms with E-state index in [1.54, 1.807) is 30.5 Å². The number of hydrogen-bond donors (Lipinski definition) is 0. The van der Waals surface area contributed by atoms with Gasteiger partial charge in [-0.15, -0.1) is 0 Å². The number of imidazole rings is 1. The zero-order valence-corrected chi connectivity index (χ0v) is 12.2. The Morgan fingerprint density at radius 3 is 2.43 bits per heavy atom. The molecule has 0 bridgehead atoms. The SMILES string of the molecule is Cn1nc(C(F)(F)F)cc1Cn1ccn(-c2ccccc2)c1=O. The largest absolute Gasteiger partial charge is 0.435 e. The van der Waals surface area contributed by atoms with Crippen molar-refractivity contribution in [3.8, 4) is 5.69 Å².